The van der Waals surface area contributed by atoms with E-state index in [1.165, 1.54) is 36.0 Å². The molecule has 0 aliphatic heterocycles. The lowest BCUT2D eigenvalue weighted by atomic mass is 9.79. The summed E-state index contributed by atoms with van der Waals surface area (Å²) in [6.45, 7) is 6.69. The van der Waals surface area contributed by atoms with Crippen molar-refractivity contribution in [3.8, 4) is 5.75 Å². The maximum absolute atomic E-state index is 15.5. The Morgan fingerprint density at radius 3 is 2.78 bits per heavy atom. The first-order valence-corrected chi connectivity index (χ1v) is 12.3. The zero-order chi connectivity index (χ0) is 22.3. The minimum atomic E-state index is -0.0294. The molecular weight excluding hydrogens is 395 g/mol. The van der Waals surface area contributed by atoms with Gasteiger partial charge in [0, 0.05) is 5.39 Å². The first-order valence-electron chi connectivity index (χ1n) is 12.3. The van der Waals surface area contributed by atoms with Gasteiger partial charge in [0.15, 0.2) is 0 Å². The summed E-state index contributed by atoms with van der Waals surface area (Å²) in [5.74, 6) is 1.15. The minimum Gasteiger partial charge on any atom is -0.494 e. The summed E-state index contributed by atoms with van der Waals surface area (Å²) in [5.41, 5.74) is 4.85. The van der Waals surface area contributed by atoms with Crippen LogP contribution in [0.2, 0.25) is 0 Å². The highest BCUT2D eigenvalue weighted by Gasteiger charge is 2.24. The van der Waals surface area contributed by atoms with E-state index in [9.17, 15) is 0 Å². The van der Waals surface area contributed by atoms with Gasteiger partial charge in [0.05, 0.1) is 6.61 Å². The van der Waals surface area contributed by atoms with Crippen molar-refractivity contribution < 1.29 is 9.13 Å². The molecule has 0 fully saturated rings. The fraction of sp³-hybridized carbons (Fsp3) is 0.400. The lowest BCUT2D eigenvalue weighted by Crippen LogP contribution is -2.14. The number of unbranched alkanes of at least 4 members (excludes halogenated alkanes) is 3. The summed E-state index contributed by atoms with van der Waals surface area (Å²) in [7, 11) is 0. The van der Waals surface area contributed by atoms with Crippen molar-refractivity contribution in [2.75, 3.05) is 6.61 Å². The van der Waals surface area contributed by atoms with Gasteiger partial charge in [-0.05, 0) is 90.6 Å². The van der Waals surface area contributed by atoms with E-state index in [0.29, 0.717) is 0 Å². The van der Waals surface area contributed by atoms with Crippen molar-refractivity contribution >= 4 is 10.8 Å². The van der Waals surface area contributed by atoms with Crippen LogP contribution in [0.5, 0.6) is 5.75 Å². The molecule has 1 aliphatic rings. The van der Waals surface area contributed by atoms with Crippen molar-refractivity contribution in [3.63, 3.8) is 0 Å². The Labute approximate surface area is 192 Å². The fourth-order valence-electron chi connectivity index (χ4n) is 4.91. The first-order chi connectivity index (χ1) is 15.7. The number of benzene rings is 3. The quantitative estimate of drug-likeness (QED) is 0.232. The number of halogens is 1. The number of hydrogen-bond donors (Lipinski definition) is 0. The van der Waals surface area contributed by atoms with E-state index >= 15 is 4.39 Å². The molecule has 1 nitrogen and oxygen atoms in total. The van der Waals surface area contributed by atoms with E-state index in [4.69, 9.17) is 4.74 Å². The second-order valence-corrected chi connectivity index (χ2v) is 9.13. The smallest absolute Gasteiger partial charge is 0.134 e. The number of fused-ring (bicyclic) bond motifs is 2. The highest BCUT2D eigenvalue weighted by Crippen LogP contribution is 2.37. The Hall–Kier alpha value is -2.61. The first kappa shape index (κ1) is 22.6. The molecule has 0 aromatic heterocycles. The molecule has 0 N–H and O–H groups in total. The molecule has 0 saturated carbocycles. The van der Waals surface area contributed by atoms with Gasteiger partial charge >= 0.3 is 0 Å². The van der Waals surface area contributed by atoms with E-state index in [0.717, 1.165) is 67.2 Å². The number of aryl methyl sites for hydroxylation is 2. The maximum Gasteiger partial charge on any atom is 0.134 e. The number of rotatable bonds is 10. The molecule has 3 aromatic rings. The van der Waals surface area contributed by atoms with Crippen LogP contribution in [0.1, 0.15) is 73.6 Å². The Morgan fingerprint density at radius 1 is 1.03 bits per heavy atom. The van der Waals surface area contributed by atoms with Gasteiger partial charge in [-0.3, -0.25) is 0 Å². The summed E-state index contributed by atoms with van der Waals surface area (Å²) in [5, 5.41) is 1.78. The topological polar surface area (TPSA) is 9.23 Å². The summed E-state index contributed by atoms with van der Waals surface area (Å²) in [6.07, 6.45) is 11.5. The summed E-state index contributed by atoms with van der Waals surface area (Å²) < 4.78 is 21.4. The molecule has 4 rings (SSSR count). The van der Waals surface area contributed by atoms with E-state index in [-0.39, 0.29) is 11.7 Å². The summed E-state index contributed by atoms with van der Waals surface area (Å²) in [4.78, 5) is 0. The Morgan fingerprint density at radius 2 is 1.94 bits per heavy atom. The average molecular weight is 431 g/mol. The lowest BCUT2D eigenvalue weighted by Gasteiger charge is -2.26. The lowest BCUT2D eigenvalue weighted by molar-refractivity contribution is 0.311. The SMILES string of the molecule is C=CCCCOc1ccc2c(c1)CCC(c1ccc3cc(CCCCC)ccc3c1F)C2. The van der Waals surface area contributed by atoms with Gasteiger partial charge in [-0.1, -0.05) is 62.2 Å². The molecule has 2 heteroatoms. The second-order valence-electron chi connectivity index (χ2n) is 9.13. The predicted octanol–water partition coefficient (Wildman–Crippen LogP) is 8.33. The predicted molar refractivity (Wildman–Crippen MR) is 133 cm³/mol. The molecule has 0 spiro atoms. The van der Waals surface area contributed by atoms with Crippen LogP contribution in [-0.2, 0) is 19.3 Å². The number of hydrogen-bond acceptors (Lipinski definition) is 1. The second kappa shape index (κ2) is 10.8. The molecule has 1 aliphatic carbocycles. The highest BCUT2D eigenvalue weighted by atomic mass is 19.1. The van der Waals surface area contributed by atoms with Gasteiger partial charge in [0.2, 0.25) is 0 Å². The van der Waals surface area contributed by atoms with Crippen LogP contribution in [0, 0.1) is 5.82 Å². The van der Waals surface area contributed by atoms with E-state index in [1.54, 1.807) is 0 Å². The number of allylic oxidation sites excluding steroid dienone is 1. The van der Waals surface area contributed by atoms with Crippen molar-refractivity contribution in [2.45, 2.75) is 70.6 Å². The molecule has 0 heterocycles. The zero-order valence-corrected chi connectivity index (χ0v) is 19.3. The molecule has 0 amide bonds. The van der Waals surface area contributed by atoms with Crippen LogP contribution in [0.15, 0.2) is 61.2 Å². The molecule has 1 unspecified atom stereocenters. The maximum atomic E-state index is 15.5. The molecule has 0 saturated heterocycles. The van der Waals surface area contributed by atoms with Crippen molar-refractivity contribution in [1.82, 2.24) is 0 Å². The minimum absolute atomic E-state index is 0.0294. The standard InChI is InChI=1S/C30H35FO/c1-3-5-7-9-22-10-16-28-25(19-22)14-17-29(30(28)31)26-12-11-24-21-27(15-13-23(24)20-26)32-18-8-6-4-2/h4,10,13-17,19,21,26H,2-3,5-9,11-12,18,20H2,1H3. The van der Waals surface area contributed by atoms with Crippen LogP contribution >= 0.6 is 0 Å². The van der Waals surface area contributed by atoms with Gasteiger partial charge in [0.1, 0.15) is 11.6 Å². The van der Waals surface area contributed by atoms with Crippen LogP contribution in [0.3, 0.4) is 0 Å². The van der Waals surface area contributed by atoms with Crippen molar-refractivity contribution in [1.29, 1.82) is 0 Å². The third-order valence-corrected chi connectivity index (χ3v) is 6.78. The van der Waals surface area contributed by atoms with E-state index in [1.807, 2.05) is 18.2 Å². The van der Waals surface area contributed by atoms with Crippen LogP contribution in [-0.4, -0.2) is 6.61 Å². The summed E-state index contributed by atoms with van der Waals surface area (Å²) in [6, 6.07) is 16.8. The van der Waals surface area contributed by atoms with Crippen molar-refractivity contribution in [3.05, 3.63) is 89.3 Å². The van der Waals surface area contributed by atoms with Gasteiger partial charge in [-0.25, -0.2) is 4.39 Å². The Balaban J connectivity index is 1.47. The molecule has 1 atom stereocenters. The van der Waals surface area contributed by atoms with E-state index in [2.05, 4.69) is 49.9 Å². The molecule has 0 bridgehead atoms. The van der Waals surface area contributed by atoms with Gasteiger partial charge in [0.25, 0.3) is 0 Å². The summed E-state index contributed by atoms with van der Waals surface area (Å²) >= 11 is 0. The Kier molecular flexibility index (Phi) is 7.63. The van der Waals surface area contributed by atoms with Crippen LogP contribution < -0.4 is 4.74 Å². The van der Waals surface area contributed by atoms with Crippen LogP contribution in [0.25, 0.3) is 10.8 Å². The zero-order valence-electron chi connectivity index (χ0n) is 19.3. The molecule has 168 valence electrons. The Bertz CT molecular complexity index is 1070. The van der Waals surface area contributed by atoms with Crippen molar-refractivity contribution in [2.24, 2.45) is 0 Å². The third-order valence-electron chi connectivity index (χ3n) is 6.78. The molecule has 0 radical (unpaired) electrons. The number of ether oxygens (including phenoxy) is 1. The molecule has 3 aromatic carbocycles. The third kappa shape index (κ3) is 5.23. The van der Waals surface area contributed by atoms with Gasteiger partial charge in [-0.15, -0.1) is 6.58 Å². The van der Waals surface area contributed by atoms with Gasteiger partial charge in [-0.2, -0.15) is 0 Å². The molecule has 32 heavy (non-hydrogen) atoms. The monoisotopic (exact) mass is 430 g/mol. The normalized spacial score (nSPS) is 15.5. The molecular formula is C30H35FO. The van der Waals surface area contributed by atoms with Gasteiger partial charge < -0.3 is 4.74 Å². The highest BCUT2D eigenvalue weighted by molar-refractivity contribution is 5.84. The largest absolute Gasteiger partial charge is 0.494 e. The average Bonchev–Trinajstić information content (AvgIpc) is 2.82. The van der Waals surface area contributed by atoms with Crippen LogP contribution in [0.4, 0.5) is 4.39 Å². The van der Waals surface area contributed by atoms with E-state index < -0.39 is 0 Å². The fourth-order valence-corrected chi connectivity index (χ4v) is 4.91.